The zero-order valence-corrected chi connectivity index (χ0v) is 20.8. The number of fused-ring (bicyclic) bond motifs is 3. The summed E-state index contributed by atoms with van der Waals surface area (Å²) >= 11 is 12.8. The van der Waals surface area contributed by atoms with Crippen LogP contribution in [0, 0.1) is 0 Å². The van der Waals surface area contributed by atoms with Crippen LogP contribution in [0.25, 0.3) is 11.0 Å². The van der Waals surface area contributed by atoms with Crippen LogP contribution >= 0.6 is 23.2 Å². The van der Waals surface area contributed by atoms with Crippen LogP contribution in [0.1, 0.15) is 34.5 Å². The number of rotatable bonds is 5. The highest BCUT2D eigenvalue weighted by Crippen LogP contribution is 2.45. The molecule has 1 atom stereocenters. The third-order valence-electron chi connectivity index (χ3n) is 5.59. The van der Waals surface area contributed by atoms with E-state index in [1.54, 1.807) is 24.3 Å². The monoisotopic (exact) mass is 530 g/mol. The van der Waals surface area contributed by atoms with E-state index >= 15 is 0 Å². The van der Waals surface area contributed by atoms with Crippen LogP contribution in [0.3, 0.4) is 0 Å². The van der Waals surface area contributed by atoms with Crippen molar-refractivity contribution in [1.29, 1.82) is 0 Å². The standard InChI is InChI=1S/C21H20Cl2N2O6S2/c1-32(27,28)25(33(2,29)30)14-10-9-13(22)17(19(14)23)20(26)21(24)11-5-8-16-18(21)12-6-3-4-7-15(12)31-16/h3-4,6-7,9-10H,5,8,11,24H2,1-2H3. The number of benzene rings is 2. The lowest BCUT2D eigenvalue weighted by Gasteiger charge is -2.33. The molecule has 1 aromatic heterocycles. The summed E-state index contributed by atoms with van der Waals surface area (Å²) in [6.07, 6.45) is 2.85. The molecule has 0 bridgehead atoms. The molecule has 0 radical (unpaired) electrons. The SMILES string of the molecule is CS(=O)(=O)N(c1ccc(Cl)c(C(=O)C2(N)CCCc3oc4ccccc4c32)c1Cl)S(C)(=O)=O. The number of carbonyl (C=O) groups is 1. The zero-order chi connectivity index (χ0) is 24.3. The van der Waals surface area contributed by atoms with Crippen LogP contribution in [0.2, 0.25) is 10.0 Å². The first-order valence-electron chi connectivity index (χ1n) is 9.80. The average Bonchev–Trinajstić information content (AvgIpc) is 3.08. The number of aryl methyl sites for hydroxylation is 1. The molecule has 0 fully saturated rings. The van der Waals surface area contributed by atoms with Crippen molar-refractivity contribution in [3.05, 3.63) is 63.3 Å². The molecule has 8 nitrogen and oxygen atoms in total. The molecule has 0 amide bonds. The molecule has 0 saturated carbocycles. The van der Waals surface area contributed by atoms with Crippen molar-refractivity contribution in [1.82, 2.24) is 0 Å². The van der Waals surface area contributed by atoms with Gasteiger partial charge in [0.2, 0.25) is 20.0 Å². The van der Waals surface area contributed by atoms with Crippen LogP contribution in [0.4, 0.5) is 5.69 Å². The van der Waals surface area contributed by atoms with Gasteiger partial charge in [0.05, 0.1) is 33.8 Å². The molecule has 176 valence electrons. The Morgan fingerprint density at radius 2 is 1.70 bits per heavy atom. The summed E-state index contributed by atoms with van der Waals surface area (Å²) in [5.74, 6) is -0.0793. The van der Waals surface area contributed by atoms with E-state index in [1.807, 2.05) is 0 Å². The molecule has 0 saturated heterocycles. The largest absolute Gasteiger partial charge is 0.461 e. The van der Waals surface area contributed by atoms with Gasteiger partial charge in [-0.15, -0.1) is 0 Å². The number of anilines is 1. The molecule has 3 aromatic rings. The lowest BCUT2D eigenvalue weighted by molar-refractivity contribution is 0.0867. The highest BCUT2D eigenvalue weighted by molar-refractivity contribution is 8.09. The number of sulfonamides is 2. The maximum absolute atomic E-state index is 13.9. The second kappa shape index (κ2) is 7.99. The third-order valence-corrected chi connectivity index (χ3v) is 9.51. The van der Waals surface area contributed by atoms with E-state index in [1.165, 1.54) is 6.07 Å². The summed E-state index contributed by atoms with van der Waals surface area (Å²) in [5.41, 5.74) is 5.59. The van der Waals surface area contributed by atoms with Gasteiger partial charge in [-0.2, -0.15) is 3.71 Å². The lowest BCUT2D eigenvalue weighted by atomic mass is 9.74. The number of nitrogens with two attached hydrogens (primary N) is 1. The van der Waals surface area contributed by atoms with Gasteiger partial charge in [-0.1, -0.05) is 41.4 Å². The average molecular weight is 531 g/mol. The molecule has 0 spiro atoms. The highest BCUT2D eigenvalue weighted by Gasteiger charge is 2.45. The van der Waals surface area contributed by atoms with Crippen molar-refractivity contribution in [2.24, 2.45) is 5.73 Å². The van der Waals surface area contributed by atoms with Crippen molar-refractivity contribution in [2.45, 2.75) is 24.8 Å². The topological polar surface area (TPSA) is 128 Å². The fraction of sp³-hybridized carbons (Fsp3) is 0.286. The molecule has 0 aliphatic heterocycles. The number of hydrogen-bond donors (Lipinski definition) is 1. The minimum atomic E-state index is -4.30. The molecule has 33 heavy (non-hydrogen) atoms. The predicted molar refractivity (Wildman–Crippen MR) is 128 cm³/mol. The Balaban J connectivity index is 1.95. The molecular weight excluding hydrogens is 511 g/mol. The van der Waals surface area contributed by atoms with E-state index in [4.69, 9.17) is 33.4 Å². The summed E-state index contributed by atoms with van der Waals surface area (Å²) < 4.78 is 55.2. The molecule has 2 aromatic carbocycles. The predicted octanol–water partition coefficient (Wildman–Crippen LogP) is 3.84. The van der Waals surface area contributed by atoms with Crippen LogP contribution < -0.4 is 9.44 Å². The van der Waals surface area contributed by atoms with Crippen LogP contribution in [-0.2, 0) is 32.0 Å². The van der Waals surface area contributed by atoms with Crippen molar-refractivity contribution in [2.75, 3.05) is 16.2 Å². The summed E-state index contributed by atoms with van der Waals surface area (Å²) in [6.45, 7) is 0. The van der Waals surface area contributed by atoms with Gasteiger partial charge in [0.15, 0.2) is 5.78 Å². The molecule has 12 heteroatoms. The van der Waals surface area contributed by atoms with E-state index in [2.05, 4.69) is 0 Å². The summed E-state index contributed by atoms with van der Waals surface area (Å²) in [6, 6.07) is 9.53. The van der Waals surface area contributed by atoms with Gasteiger partial charge in [-0.05, 0) is 31.0 Å². The fourth-order valence-electron chi connectivity index (χ4n) is 4.36. The first-order chi connectivity index (χ1) is 15.3. The smallest absolute Gasteiger partial charge is 0.245 e. The third kappa shape index (κ3) is 3.93. The van der Waals surface area contributed by atoms with Gasteiger partial charge in [0.1, 0.15) is 16.9 Å². The van der Waals surface area contributed by atoms with E-state index < -0.39 is 42.1 Å². The minimum absolute atomic E-state index is 0.0829. The number of para-hydroxylation sites is 1. The Morgan fingerprint density at radius 3 is 2.33 bits per heavy atom. The Morgan fingerprint density at radius 1 is 1.06 bits per heavy atom. The molecule has 1 aliphatic rings. The number of nitrogens with zero attached hydrogens (tertiary/aromatic N) is 1. The summed E-state index contributed by atoms with van der Waals surface area (Å²) in [5, 5.41) is 0.175. The van der Waals surface area contributed by atoms with Crippen LogP contribution in [0.5, 0.6) is 0 Å². The van der Waals surface area contributed by atoms with Gasteiger partial charge in [-0.3, -0.25) is 4.79 Å². The normalized spacial score (nSPS) is 18.8. The molecule has 1 unspecified atom stereocenters. The first kappa shape index (κ1) is 24.0. The first-order valence-corrected chi connectivity index (χ1v) is 14.2. The van der Waals surface area contributed by atoms with Crippen LogP contribution in [0.15, 0.2) is 40.8 Å². The number of Topliss-reactive ketones (excluding diaryl/α,β-unsaturated/α-hetero) is 1. The van der Waals surface area contributed by atoms with Crippen molar-refractivity contribution < 1.29 is 26.0 Å². The van der Waals surface area contributed by atoms with E-state index in [0.29, 0.717) is 35.1 Å². The minimum Gasteiger partial charge on any atom is -0.461 e. The second-order valence-electron chi connectivity index (χ2n) is 8.03. The second-order valence-corrected chi connectivity index (χ2v) is 12.7. The van der Waals surface area contributed by atoms with Crippen molar-refractivity contribution in [3.8, 4) is 0 Å². The van der Waals surface area contributed by atoms with E-state index in [-0.39, 0.29) is 20.7 Å². The van der Waals surface area contributed by atoms with Crippen molar-refractivity contribution in [3.63, 3.8) is 0 Å². The van der Waals surface area contributed by atoms with E-state index in [0.717, 1.165) is 18.6 Å². The quantitative estimate of drug-likeness (QED) is 0.496. The maximum Gasteiger partial charge on any atom is 0.245 e. The number of ketones is 1. The number of halogens is 2. The van der Waals surface area contributed by atoms with Gasteiger partial charge < -0.3 is 10.2 Å². The summed E-state index contributed by atoms with van der Waals surface area (Å²) in [4.78, 5) is 13.9. The molecule has 4 rings (SSSR count). The van der Waals surface area contributed by atoms with Gasteiger partial charge in [0.25, 0.3) is 0 Å². The molecule has 1 aliphatic carbocycles. The van der Waals surface area contributed by atoms with Gasteiger partial charge >= 0.3 is 0 Å². The number of hydrogen-bond acceptors (Lipinski definition) is 7. The Kier molecular flexibility index (Phi) is 5.82. The van der Waals surface area contributed by atoms with Crippen molar-refractivity contribution >= 4 is 65.7 Å². The van der Waals surface area contributed by atoms with Crippen LogP contribution in [-0.4, -0.2) is 35.1 Å². The lowest BCUT2D eigenvalue weighted by Crippen LogP contribution is -2.47. The van der Waals surface area contributed by atoms with Gasteiger partial charge in [0, 0.05) is 17.4 Å². The summed E-state index contributed by atoms with van der Waals surface area (Å²) in [7, 11) is -8.60. The molecule has 2 N–H and O–H groups in total. The fourth-order valence-corrected chi connectivity index (χ4v) is 8.07. The van der Waals surface area contributed by atoms with E-state index in [9.17, 15) is 21.6 Å². The Bertz CT molecular complexity index is 1480. The number of carbonyl (C=O) groups excluding carboxylic acids is 1. The van der Waals surface area contributed by atoms with Gasteiger partial charge in [-0.25, -0.2) is 16.8 Å². The Labute approximate surface area is 201 Å². The Hall–Kier alpha value is -2.11. The molecule has 1 heterocycles. The highest BCUT2D eigenvalue weighted by atomic mass is 35.5. The number of furan rings is 1. The zero-order valence-electron chi connectivity index (χ0n) is 17.6. The maximum atomic E-state index is 13.9. The molecular formula is C21H20Cl2N2O6S2.